The lowest BCUT2D eigenvalue weighted by Crippen LogP contribution is -2.32. The molecule has 1 saturated carbocycles. The molecule has 19 heavy (non-hydrogen) atoms. The Balaban J connectivity index is 2.06. The van der Waals surface area contributed by atoms with Crippen LogP contribution in [0.3, 0.4) is 0 Å². The van der Waals surface area contributed by atoms with Gasteiger partial charge in [0.05, 0.1) is 5.92 Å². The van der Waals surface area contributed by atoms with Crippen molar-refractivity contribution in [3.63, 3.8) is 0 Å². The molecule has 1 amide bonds. The zero-order valence-electron chi connectivity index (χ0n) is 11.7. The van der Waals surface area contributed by atoms with Crippen molar-refractivity contribution < 1.29 is 19.4 Å². The average Bonchev–Trinajstić information content (AvgIpc) is 2.42. The molecule has 1 rings (SSSR count). The summed E-state index contributed by atoms with van der Waals surface area (Å²) in [6.07, 6.45) is 4.53. The van der Waals surface area contributed by atoms with Crippen molar-refractivity contribution in [2.75, 3.05) is 19.8 Å². The van der Waals surface area contributed by atoms with Crippen LogP contribution in [-0.4, -0.2) is 36.7 Å². The van der Waals surface area contributed by atoms with E-state index in [0.717, 1.165) is 32.1 Å². The first-order valence-electron chi connectivity index (χ1n) is 7.20. The van der Waals surface area contributed by atoms with Gasteiger partial charge < -0.3 is 15.2 Å². The molecule has 0 heterocycles. The minimum absolute atomic E-state index is 0.0695. The summed E-state index contributed by atoms with van der Waals surface area (Å²) in [5, 5.41) is 11.8. The van der Waals surface area contributed by atoms with Gasteiger partial charge in [-0.3, -0.25) is 9.59 Å². The van der Waals surface area contributed by atoms with Gasteiger partial charge in [-0.05, 0) is 44.9 Å². The van der Waals surface area contributed by atoms with Crippen molar-refractivity contribution in [1.82, 2.24) is 5.32 Å². The quantitative estimate of drug-likeness (QED) is 0.660. The van der Waals surface area contributed by atoms with Crippen molar-refractivity contribution in [3.8, 4) is 0 Å². The Morgan fingerprint density at radius 1 is 1.26 bits per heavy atom. The minimum Gasteiger partial charge on any atom is -0.481 e. The van der Waals surface area contributed by atoms with Crippen LogP contribution in [0.15, 0.2) is 0 Å². The van der Waals surface area contributed by atoms with Gasteiger partial charge in [0.15, 0.2) is 0 Å². The van der Waals surface area contributed by atoms with Crippen molar-refractivity contribution >= 4 is 11.9 Å². The average molecular weight is 271 g/mol. The molecule has 0 unspecified atom stereocenters. The second-order valence-electron chi connectivity index (χ2n) is 5.16. The fourth-order valence-electron chi connectivity index (χ4n) is 2.44. The number of amides is 1. The molecule has 0 atom stereocenters. The first kappa shape index (κ1) is 16.0. The topological polar surface area (TPSA) is 75.6 Å². The molecule has 2 N–H and O–H groups in total. The molecule has 1 aliphatic rings. The second-order valence-corrected chi connectivity index (χ2v) is 5.16. The maximum absolute atomic E-state index is 11.6. The Bertz CT molecular complexity index is 285. The molecule has 0 bridgehead atoms. The van der Waals surface area contributed by atoms with Crippen LogP contribution in [0, 0.1) is 11.8 Å². The molecular weight excluding hydrogens is 246 g/mol. The summed E-state index contributed by atoms with van der Waals surface area (Å²) in [5.41, 5.74) is 0. The molecule has 0 aliphatic heterocycles. The number of hydrogen-bond acceptors (Lipinski definition) is 3. The predicted molar refractivity (Wildman–Crippen MR) is 71.8 cm³/mol. The molecule has 0 aromatic carbocycles. The van der Waals surface area contributed by atoms with Gasteiger partial charge in [-0.15, -0.1) is 0 Å². The van der Waals surface area contributed by atoms with E-state index < -0.39 is 5.97 Å². The summed E-state index contributed by atoms with van der Waals surface area (Å²) < 4.78 is 5.18. The number of nitrogens with one attached hydrogen (secondary N) is 1. The summed E-state index contributed by atoms with van der Waals surface area (Å²) in [6, 6.07) is 0. The molecule has 1 fully saturated rings. The predicted octanol–water partition coefficient (Wildman–Crippen LogP) is 1.81. The van der Waals surface area contributed by atoms with Crippen LogP contribution in [0.4, 0.5) is 0 Å². The largest absolute Gasteiger partial charge is 0.481 e. The van der Waals surface area contributed by atoms with Crippen LogP contribution in [0.1, 0.15) is 45.4 Å². The van der Waals surface area contributed by atoms with Crippen molar-refractivity contribution in [3.05, 3.63) is 0 Å². The van der Waals surface area contributed by atoms with E-state index in [9.17, 15) is 9.59 Å². The third kappa shape index (κ3) is 6.57. The monoisotopic (exact) mass is 271 g/mol. The zero-order chi connectivity index (χ0) is 14.1. The highest BCUT2D eigenvalue weighted by atomic mass is 16.5. The first-order chi connectivity index (χ1) is 9.13. The Kier molecular flexibility index (Phi) is 7.48. The van der Waals surface area contributed by atoms with Gasteiger partial charge in [-0.1, -0.05) is 0 Å². The van der Waals surface area contributed by atoms with Crippen molar-refractivity contribution in [2.45, 2.75) is 45.4 Å². The number of ether oxygens (including phenoxy) is 1. The highest BCUT2D eigenvalue weighted by molar-refractivity contribution is 5.75. The SMILES string of the molecule is CCOCCCC(=O)NCC1CCC(C(=O)O)CC1. The number of carboxylic acid groups (broad SMARTS) is 1. The maximum Gasteiger partial charge on any atom is 0.306 e. The molecule has 0 radical (unpaired) electrons. The van der Waals surface area contributed by atoms with E-state index in [1.54, 1.807) is 0 Å². The second kappa shape index (κ2) is 8.91. The number of aliphatic carboxylic acids is 1. The maximum atomic E-state index is 11.6. The van der Waals surface area contributed by atoms with E-state index in [1.807, 2.05) is 6.92 Å². The molecule has 0 spiro atoms. The van der Waals surface area contributed by atoms with E-state index in [1.165, 1.54) is 0 Å². The molecule has 0 aromatic rings. The Hall–Kier alpha value is -1.10. The molecule has 110 valence electrons. The Morgan fingerprint density at radius 2 is 1.95 bits per heavy atom. The highest BCUT2D eigenvalue weighted by Gasteiger charge is 2.25. The van der Waals surface area contributed by atoms with Crippen LogP contribution in [0.2, 0.25) is 0 Å². The lowest BCUT2D eigenvalue weighted by atomic mass is 9.82. The van der Waals surface area contributed by atoms with Crippen LogP contribution >= 0.6 is 0 Å². The summed E-state index contributed by atoms with van der Waals surface area (Å²) in [6.45, 7) is 3.94. The third-order valence-electron chi connectivity index (χ3n) is 3.68. The lowest BCUT2D eigenvalue weighted by Gasteiger charge is -2.26. The van der Waals surface area contributed by atoms with Gasteiger partial charge in [0.2, 0.25) is 5.91 Å². The third-order valence-corrected chi connectivity index (χ3v) is 3.68. The van der Waals surface area contributed by atoms with Gasteiger partial charge in [0.25, 0.3) is 0 Å². The summed E-state index contributed by atoms with van der Waals surface area (Å²) >= 11 is 0. The number of carbonyl (C=O) groups excluding carboxylic acids is 1. The Morgan fingerprint density at radius 3 is 2.53 bits per heavy atom. The van der Waals surface area contributed by atoms with E-state index in [2.05, 4.69) is 5.32 Å². The number of carbonyl (C=O) groups is 2. The van der Waals surface area contributed by atoms with E-state index in [0.29, 0.717) is 32.1 Å². The number of rotatable bonds is 8. The zero-order valence-corrected chi connectivity index (χ0v) is 11.7. The standard InChI is InChI=1S/C14H25NO4/c1-2-19-9-3-4-13(16)15-10-11-5-7-12(8-6-11)14(17)18/h11-12H,2-10H2,1H3,(H,15,16)(H,17,18). The summed E-state index contributed by atoms with van der Waals surface area (Å²) in [4.78, 5) is 22.4. The Labute approximate surface area is 114 Å². The molecule has 1 aliphatic carbocycles. The van der Waals surface area contributed by atoms with E-state index in [-0.39, 0.29) is 11.8 Å². The molecular formula is C14H25NO4. The summed E-state index contributed by atoms with van der Waals surface area (Å²) in [5.74, 6) is -0.358. The fourth-order valence-corrected chi connectivity index (χ4v) is 2.44. The van der Waals surface area contributed by atoms with Crippen LogP contribution in [0.25, 0.3) is 0 Å². The van der Waals surface area contributed by atoms with Crippen molar-refractivity contribution in [1.29, 1.82) is 0 Å². The van der Waals surface area contributed by atoms with Gasteiger partial charge in [-0.25, -0.2) is 0 Å². The normalized spacial score (nSPS) is 23.0. The first-order valence-corrected chi connectivity index (χ1v) is 7.20. The molecule has 0 saturated heterocycles. The van der Waals surface area contributed by atoms with E-state index >= 15 is 0 Å². The molecule has 5 nitrogen and oxygen atoms in total. The van der Waals surface area contributed by atoms with Crippen LogP contribution in [0.5, 0.6) is 0 Å². The van der Waals surface area contributed by atoms with Gasteiger partial charge >= 0.3 is 5.97 Å². The van der Waals surface area contributed by atoms with Gasteiger partial charge in [0.1, 0.15) is 0 Å². The fraction of sp³-hybridized carbons (Fsp3) is 0.857. The van der Waals surface area contributed by atoms with Gasteiger partial charge in [0, 0.05) is 26.2 Å². The molecule has 0 aromatic heterocycles. The lowest BCUT2D eigenvalue weighted by molar-refractivity contribution is -0.143. The number of hydrogen-bond donors (Lipinski definition) is 2. The highest BCUT2D eigenvalue weighted by Crippen LogP contribution is 2.28. The number of carboxylic acids is 1. The van der Waals surface area contributed by atoms with E-state index in [4.69, 9.17) is 9.84 Å². The molecule has 5 heteroatoms. The smallest absolute Gasteiger partial charge is 0.306 e. The summed E-state index contributed by atoms with van der Waals surface area (Å²) in [7, 11) is 0. The van der Waals surface area contributed by atoms with Crippen LogP contribution in [-0.2, 0) is 14.3 Å². The van der Waals surface area contributed by atoms with Crippen LogP contribution < -0.4 is 5.32 Å². The minimum atomic E-state index is -0.682. The van der Waals surface area contributed by atoms with Crippen molar-refractivity contribution in [2.24, 2.45) is 11.8 Å². The van der Waals surface area contributed by atoms with Gasteiger partial charge in [-0.2, -0.15) is 0 Å².